The number of carbonyl (C=O) groups is 1. The monoisotopic (exact) mass is 341 g/mol. The Morgan fingerprint density at radius 3 is 2.65 bits per heavy atom. The van der Waals surface area contributed by atoms with Crippen LogP contribution in [0.3, 0.4) is 0 Å². The third kappa shape index (κ3) is 3.34. The van der Waals surface area contributed by atoms with E-state index in [-0.39, 0.29) is 5.91 Å². The van der Waals surface area contributed by atoms with Crippen LogP contribution in [0.4, 0.5) is 5.69 Å². The molecule has 0 bridgehead atoms. The molecule has 0 spiro atoms. The smallest absolute Gasteiger partial charge is 0.248 e. The molecule has 1 amide bonds. The van der Waals surface area contributed by atoms with E-state index >= 15 is 0 Å². The number of anilines is 1. The third-order valence-electron chi connectivity index (χ3n) is 3.81. The number of pyridine rings is 2. The second-order valence-electron chi connectivity index (χ2n) is 5.59. The second kappa shape index (κ2) is 6.98. The van der Waals surface area contributed by atoms with Gasteiger partial charge in [-0.05, 0) is 42.5 Å². The van der Waals surface area contributed by atoms with Crippen LogP contribution in [0.1, 0.15) is 5.69 Å². The summed E-state index contributed by atoms with van der Waals surface area (Å²) in [5.74, 6) is 0.499. The highest BCUT2D eigenvalue weighted by Crippen LogP contribution is 2.17. The molecule has 3 heterocycles. The summed E-state index contributed by atoms with van der Waals surface area (Å²) in [5, 5.41) is 2.78. The van der Waals surface area contributed by atoms with Crippen LogP contribution in [-0.2, 0) is 4.79 Å². The van der Waals surface area contributed by atoms with Crippen molar-refractivity contribution >= 4 is 28.7 Å². The van der Waals surface area contributed by atoms with Gasteiger partial charge in [0.1, 0.15) is 12.1 Å². The number of hydrogen-bond acceptors (Lipinski definition) is 4. The minimum Gasteiger partial charge on any atom is -0.321 e. The maximum atomic E-state index is 12.0. The van der Waals surface area contributed by atoms with Crippen molar-refractivity contribution in [2.24, 2.45) is 0 Å². The Morgan fingerprint density at radius 1 is 0.962 bits per heavy atom. The number of nitrogens with zero attached hydrogens (tertiary/aromatic N) is 4. The number of aromatic nitrogens is 4. The van der Waals surface area contributed by atoms with Gasteiger partial charge in [-0.25, -0.2) is 9.97 Å². The Morgan fingerprint density at radius 2 is 1.85 bits per heavy atom. The molecular formula is C20H15N5O. The van der Waals surface area contributed by atoms with E-state index in [1.54, 1.807) is 24.8 Å². The fraction of sp³-hybridized carbons (Fsp3) is 0. The van der Waals surface area contributed by atoms with Gasteiger partial charge in [0.15, 0.2) is 0 Å². The molecule has 6 heteroatoms. The predicted molar refractivity (Wildman–Crippen MR) is 101 cm³/mol. The van der Waals surface area contributed by atoms with Crippen LogP contribution in [0.2, 0.25) is 0 Å². The number of imidazole rings is 1. The number of benzene rings is 1. The van der Waals surface area contributed by atoms with Gasteiger partial charge in [-0.15, -0.1) is 0 Å². The number of hydrogen-bond donors (Lipinski definition) is 1. The molecule has 0 aliphatic rings. The van der Waals surface area contributed by atoms with Crippen molar-refractivity contribution in [3.05, 3.63) is 85.1 Å². The van der Waals surface area contributed by atoms with Crippen LogP contribution in [0.25, 0.3) is 22.9 Å². The van der Waals surface area contributed by atoms with Crippen LogP contribution >= 0.6 is 0 Å². The molecule has 0 saturated carbocycles. The van der Waals surface area contributed by atoms with E-state index in [9.17, 15) is 4.79 Å². The zero-order chi connectivity index (χ0) is 17.8. The van der Waals surface area contributed by atoms with Crippen LogP contribution < -0.4 is 5.32 Å². The Bertz CT molecular complexity index is 1070. The quantitative estimate of drug-likeness (QED) is 0.577. The summed E-state index contributed by atoms with van der Waals surface area (Å²) in [6.07, 6.45) is 8.14. The van der Waals surface area contributed by atoms with Gasteiger partial charge in [0.05, 0.1) is 28.6 Å². The number of amides is 1. The summed E-state index contributed by atoms with van der Waals surface area (Å²) < 4.78 is 1.90. The fourth-order valence-electron chi connectivity index (χ4n) is 2.56. The van der Waals surface area contributed by atoms with E-state index in [4.69, 9.17) is 0 Å². The molecule has 0 fully saturated rings. The molecule has 1 N–H and O–H groups in total. The number of carbonyl (C=O) groups excluding carboxylic acids is 1. The SMILES string of the molecule is O=C(C=Cc1ccccn1)Nc1ccc(-n2cnc3ccccc32)nc1. The van der Waals surface area contributed by atoms with E-state index < -0.39 is 0 Å². The Kier molecular flexibility index (Phi) is 4.22. The van der Waals surface area contributed by atoms with Crippen molar-refractivity contribution in [3.63, 3.8) is 0 Å². The van der Waals surface area contributed by atoms with Crippen LogP contribution in [-0.4, -0.2) is 25.4 Å². The highest BCUT2D eigenvalue weighted by molar-refractivity contribution is 6.01. The second-order valence-corrected chi connectivity index (χ2v) is 5.59. The first-order valence-electron chi connectivity index (χ1n) is 8.08. The predicted octanol–water partition coefficient (Wildman–Crippen LogP) is 3.47. The van der Waals surface area contributed by atoms with Gasteiger partial charge in [0.25, 0.3) is 0 Å². The average Bonchev–Trinajstić information content (AvgIpc) is 3.12. The van der Waals surface area contributed by atoms with Crippen LogP contribution in [0.15, 0.2) is 79.4 Å². The maximum Gasteiger partial charge on any atom is 0.248 e. The number of fused-ring (bicyclic) bond motifs is 1. The van der Waals surface area contributed by atoms with Gasteiger partial charge in [0.2, 0.25) is 5.91 Å². The first-order chi connectivity index (χ1) is 12.8. The summed E-state index contributed by atoms with van der Waals surface area (Å²) in [7, 11) is 0. The lowest BCUT2D eigenvalue weighted by atomic mass is 10.3. The molecule has 4 aromatic rings. The van der Waals surface area contributed by atoms with Gasteiger partial charge in [0, 0.05) is 12.3 Å². The van der Waals surface area contributed by atoms with Crippen molar-refractivity contribution in [1.82, 2.24) is 19.5 Å². The molecule has 0 radical (unpaired) electrons. The molecule has 3 aromatic heterocycles. The van der Waals surface area contributed by atoms with Gasteiger partial charge >= 0.3 is 0 Å². The molecule has 26 heavy (non-hydrogen) atoms. The highest BCUT2D eigenvalue weighted by Gasteiger charge is 2.05. The van der Waals surface area contributed by atoms with Gasteiger partial charge < -0.3 is 5.32 Å². The molecule has 0 saturated heterocycles. The van der Waals surface area contributed by atoms with E-state index in [1.807, 2.05) is 59.2 Å². The normalized spacial score (nSPS) is 11.1. The Labute approximate surface area is 149 Å². The van der Waals surface area contributed by atoms with Crippen molar-refractivity contribution < 1.29 is 4.79 Å². The van der Waals surface area contributed by atoms with Crippen LogP contribution in [0.5, 0.6) is 0 Å². The number of nitrogens with one attached hydrogen (secondary N) is 1. The summed E-state index contributed by atoms with van der Waals surface area (Å²) in [6, 6.07) is 17.0. The first-order valence-corrected chi connectivity index (χ1v) is 8.08. The lowest BCUT2D eigenvalue weighted by Crippen LogP contribution is -2.08. The molecule has 6 nitrogen and oxygen atoms in total. The first kappa shape index (κ1) is 15.7. The van der Waals surface area contributed by atoms with Crippen LogP contribution in [0, 0.1) is 0 Å². The zero-order valence-corrected chi connectivity index (χ0v) is 13.8. The summed E-state index contributed by atoms with van der Waals surface area (Å²) in [6.45, 7) is 0. The lowest BCUT2D eigenvalue weighted by Gasteiger charge is -2.05. The molecular weight excluding hydrogens is 326 g/mol. The van der Waals surface area contributed by atoms with Crippen molar-refractivity contribution in [3.8, 4) is 5.82 Å². The van der Waals surface area contributed by atoms with Gasteiger partial charge in [-0.2, -0.15) is 0 Å². The molecule has 126 valence electrons. The van der Waals surface area contributed by atoms with E-state index in [1.165, 1.54) is 6.08 Å². The van der Waals surface area contributed by atoms with Crippen molar-refractivity contribution in [2.75, 3.05) is 5.32 Å². The third-order valence-corrected chi connectivity index (χ3v) is 3.81. The van der Waals surface area contributed by atoms with Crippen molar-refractivity contribution in [2.45, 2.75) is 0 Å². The molecule has 0 atom stereocenters. The summed E-state index contributed by atoms with van der Waals surface area (Å²) in [5.41, 5.74) is 3.23. The van der Waals surface area contributed by atoms with Gasteiger partial charge in [-0.1, -0.05) is 18.2 Å². The number of rotatable bonds is 4. The van der Waals surface area contributed by atoms with E-state index in [0.717, 1.165) is 22.5 Å². The van der Waals surface area contributed by atoms with E-state index in [0.29, 0.717) is 5.69 Å². The lowest BCUT2D eigenvalue weighted by molar-refractivity contribution is -0.111. The standard InChI is InChI=1S/C20H15N5O/c26-20(11-9-15-5-3-4-12-21-15)24-16-8-10-19(22-13-16)25-14-23-17-6-1-2-7-18(17)25/h1-14H,(H,24,26). The number of para-hydroxylation sites is 2. The minimum absolute atomic E-state index is 0.238. The maximum absolute atomic E-state index is 12.0. The molecule has 0 aliphatic carbocycles. The summed E-state index contributed by atoms with van der Waals surface area (Å²) >= 11 is 0. The summed E-state index contributed by atoms with van der Waals surface area (Å²) in [4.78, 5) is 24.9. The topological polar surface area (TPSA) is 72.7 Å². The molecule has 0 unspecified atom stereocenters. The Hall–Kier alpha value is -3.80. The minimum atomic E-state index is -0.238. The van der Waals surface area contributed by atoms with Crippen molar-refractivity contribution in [1.29, 1.82) is 0 Å². The highest BCUT2D eigenvalue weighted by atomic mass is 16.1. The molecule has 1 aromatic carbocycles. The van der Waals surface area contributed by atoms with Gasteiger partial charge in [-0.3, -0.25) is 14.3 Å². The Balaban J connectivity index is 1.48. The zero-order valence-electron chi connectivity index (χ0n) is 13.8. The molecule has 4 rings (SSSR count). The largest absolute Gasteiger partial charge is 0.321 e. The molecule has 0 aliphatic heterocycles. The van der Waals surface area contributed by atoms with E-state index in [2.05, 4.69) is 20.3 Å². The fourth-order valence-corrected chi connectivity index (χ4v) is 2.56. The average molecular weight is 341 g/mol.